The molecule has 0 spiro atoms. The highest BCUT2D eigenvalue weighted by molar-refractivity contribution is 7.93. The summed E-state index contributed by atoms with van der Waals surface area (Å²) in [6, 6.07) is 9.04. The van der Waals surface area contributed by atoms with Crippen molar-refractivity contribution in [3.63, 3.8) is 0 Å². The molecule has 0 amide bonds. The first-order valence-corrected chi connectivity index (χ1v) is 13.5. The number of halogens is 2. The van der Waals surface area contributed by atoms with Crippen LogP contribution in [0.1, 0.15) is 0 Å². The lowest BCUT2D eigenvalue weighted by atomic mass is 10.3. The van der Waals surface area contributed by atoms with Crippen molar-refractivity contribution in [3.8, 4) is 23.0 Å². The fourth-order valence-corrected chi connectivity index (χ4v) is 5.82. The van der Waals surface area contributed by atoms with E-state index in [1.165, 1.54) is 70.9 Å². The first kappa shape index (κ1) is 27.5. The minimum absolute atomic E-state index is 0.0334. The Morgan fingerprint density at radius 2 is 1.00 bits per heavy atom. The molecule has 0 unspecified atom stereocenters. The molecule has 0 saturated carbocycles. The van der Waals surface area contributed by atoms with Gasteiger partial charge in [0.05, 0.1) is 38.5 Å². The summed E-state index contributed by atoms with van der Waals surface area (Å²) in [5, 5.41) is 0.300. The zero-order chi connectivity index (χ0) is 26.7. The van der Waals surface area contributed by atoms with E-state index in [-0.39, 0.29) is 54.5 Å². The van der Waals surface area contributed by atoms with Crippen LogP contribution in [0, 0.1) is 0 Å². The number of rotatable bonds is 10. The van der Waals surface area contributed by atoms with Crippen molar-refractivity contribution >= 4 is 54.9 Å². The highest BCUT2D eigenvalue weighted by atomic mass is 35.5. The standard InChI is InChI=1S/C21H21Cl2N3O8S2/c1-31-14-10-18(16(33-3)8-12(14)22)35(27,28)25-20-6-5-7-21(24-20)26-36(29,30)19-11-15(32-2)13(23)9-17(19)34-4/h5-11H,1-4H3,(H2,24,25,26). The van der Waals surface area contributed by atoms with Gasteiger partial charge in [0.1, 0.15) is 44.4 Å². The lowest BCUT2D eigenvalue weighted by molar-refractivity contribution is 0.392. The van der Waals surface area contributed by atoms with Crippen molar-refractivity contribution in [3.05, 3.63) is 52.5 Å². The van der Waals surface area contributed by atoms with Gasteiger partial charge in [-0.25, -0.2) is 21.8 Å². The fourth-order valence-electron chi connectivity index (χ4n) is 3.02. The average Bonchev–Trinajstić information content (AvgIpc) is 2.82. The van der Waals surface area contributed by atoms with Crippen LogP contribution < -0.4 is 28.4 Å². The second kappa shape index (κ2) is 10.9. The number of ether oxygens (including phenoxy) is 4. The van der Waals surface area contributed by atoms with Gasteiger partial charge >= 0.3 is 0 Å². The number of aromatic nitrogens is 1. The van der Waals surface area contributed by atoms with Crippen LogP contribution in [0.5, 0.6) is 23.0 Å². The molecule has 15 heteroatoms. The minimum atomic E-state index is -4.25. The summed E-state index contributed by atoms with van der Waals surface area (Å²) >= 11 is 12.1. The van der Waals surface area contributed by atoms with E-state index in [9.17, 15) is 16.8 Å². The van der Waals surface area contributed by atoms with Gasteiger partial charge in [-0.2, -0.15) is 0 Å². The van der Waals surface area contributed by atoms with Crippen LogP contribution in [-0.4, -0.2) is 50.3 Å². The first-order chi connectivity index (χ1) is 16.9. The number of hydrogen-bond donors (Lipinski definition) is 2. The van der Waals surface area contributed by atoms with E-state index in [0.717, 1.165) is 0 Å². The normalized spacial score (nSPS) is 11.5. The predicted molar refractivity (Wildman–Crippen MR) is 135 cm³/mol. The first-order valence-electron chi connectivity index (χ1n) is 9.81. The Morgan fingerprint density at radius 3 is 1.33 bits per heavy atom. The molecule has 1 aromatic heterocycles. The fraction of sp³-hybridized carbons (Fsp3) is 0.190. The highest BCUT2D eigenvalue weighted by Gasteiger charge is 2.25. The number of nitrogens with zero attached hydrogens (tertiary/aromatic N) is 1. The number of benzene rings is 2. The van der Waals surface area contributed by atoms with Crippen molar-refractivity contribution in [2.24, 2.45) is 0 Å². The second-order valence-electron chi connectivity index (χ2n) is 6.89. The molecule has 194 valence electrons. The SMILES string of the molecule is COc1cc(S(=O)(=O)Nc2cccc(NS(=O)(=O)c3cc(OC)c(Cl)cc3OC)n2)c(OC)cc1Cl. The molecule has 0 radical (unpaired) electrons. The Bertz CT molecular complexity index is 1390. The van der Waals surface area contributed by atoms with Gasteiger partial charge in [-0.15, -0.1) is 0 Å². The summed E-state index contributed by atoms with van der Waals surface area (Å²) in [4.78, 5) is 3.52. The number of nitrogens with one attached hydrogen (secondary N) is 2. The smallest absolute Gasteiger partial charge is 0.266 e. The van der Waals surface area contributed by atoms with Crippen molar-refractivity contribution in [2.45, 2.75) is 9.79 Å². The summed E-state index contributed by atoms with van der Waals surface area (Å²) < 4.78 is 77.2. The van der Waals surface area contributed by atoms with Gasteiger partial charge in [-0.05, 0) is 12.1 Å². The summed E-state index contributed by atoms with van der Waals surface area (Å²) in [6.07, 6.45) is 0. The number of anilines is 2. The van der Waals surface area contributed by atoms with E-state index in [1.54, 1.807) is 0 Å². The van der Waals surface area contributed by atoms with E-state index in [4.69, 9.17) is 42.1 Å². The summed E-state index contributed by atoms with van der Waals surface area (Å²) in [6.45, 7) is 0. The van der Waals surface area contributed by atoms with Gasteiger partial charge in [-0.1, -0.05) is 29.3 Å². The molecule has 0 aliphatic rings. The van der Waals surface area contributed by atoms with E-state index >= 15 is 0 Å². The molecule has 2 N–H and O–H groups in total. The maximum atomic E-state index is 13.1. The predicted octanol–water partition coefficient (Wildman–Crippen LogP) is 4.02. The van der Waals surface area contributed by atoms with Gasteiger partial charge in [0.25, 0.3) is 20.0 Å². The molecule has 36 heavy (non-hydrogen) atoms. The van der Waals surface area contributed by atoms with Crippen molar-refractivity contribution in [1.29, 1.82) is 0 Å². The molecule has 0 aliphatic carbocycles. The quantitative estimate of drug-likeness (QED) is 0.365. The van der Waals surface area contributed by atoms with E-state index in [2.05, 4.69) is 14.4 Å². The van der Waals surface area contributed by atoms with Gasteiger partial charge in [-0.3, -0.25) is 9.44 Å². The Kier molecular flexibility index (Phi) is 8.29. The third-order valence-electron chi connectivity index (χ3n) is 4.68. The van der Waals surface area contributed by atoms with Crippen LogP contribution >= 0.6 is 23.2 Å². The number of methoxy groups -OCH3 is 4. The van der Waals surface area contributed by atoms with Crippen LogP contribution in [0.4, 0.5) is 11.6 Å². The summed E-state index contributed by atoms with van der Waals surface area (Å²) in [7, 11) is -3.26. The van der Waals surface area contributed by atoms with Crippen LogP contribution in [0.2, 0.25) is 10.0 Å². The van der Waals surface area contributed by atoms with Crippen LogP contribution in [-0.2, 0) is 20.0 Å². The molecule has 3 aromatic rings. The second-order valence-corrected chi connectivity index (χ2v) is 11.0. The Labute approximate surface area is 218 Å². The molecule has 0 fully saturated rings. The molecule has 0 atom stereocenters. The molecule has 0 bridgehead atoms. The topological polar surface area (TPSA) is 142 Å². The van der Waals surface area contributed by atoms with Crippen molar-refractivity contribution < 1.29 is 35.8 Å². The van der Waals surface area contributed by atoms with Crippen LogP contribution in [0.25, 0.3) is 0 Å². The molecule has 0 aliphatic heterocycles. The molecule has 11 nitrogen and oxygen atoms in total. The molecule has 2 aromatic carbocycles. The van der Waals surface area contributed by atoms with Crippen LogP contribution in [0.3, 0.4) is 0 Å². The summed E-state index contributed by atoms with van der Waals surface area (Å²) in [5.74, 6) is -0.194. The van der Waals surface area contributed by atoms with Crippen molar-refractivity contribution in [2.75, 3.05) is 37.9 Å². The summed E-state index contributed by atoms with van der Waals surface area (Å²) in [5.41, 5.74) is 0. The third kappa shape index (κ3) is 5.81. The average molecular weight is 578 g/mol. The maximum Gasteiger partial charge on any atom is 0.266 e. The Balaban J connectivity index is 1.95. The molecule has 0 saturated heterocycles. The zero-order valence-electron chi connectivity index (χ0n) is 19.3. The zero-order valence-corrected chi connectivity index (χ0v) is 22.5. The molecule has 1 heterocycles. The van der Waals surface area contributed by atoms with Gasteiger partial charge in [0.2, 0.25) is 0 Å². The van der Waals surface area contributed by atoms with E-state index < -0.39 is 20.0 Å². The molecular formula is C21H21Cl2N3O8S2. The van der Waals surface area contributed by atoms with Crippen LogP contribution in [0.15, 0.2) is 52.3 Å². The van der Waals surface area contributed by atoms with Gasteiger partial charge < -0.3 is 18.9 Å². The number of hydrogen-bond acceptors (Lipinski definition) is 9. The van der Waals surface area contributed by atoms with Crippen molar-refractivity contribution in [1.82, 2.24) is 4.98 Å². The molecule has 3 rings (SSSR count). The van der Waals surface area contributed by atoms with Gasteiger partial charge in [0.15, 0.2) is 0 Å². The lowest BCUT2D eigenvalue weighted by Gasteiger charge is -2.15. The largest absolute Gasteiger partial charge is 0.495 e. The number of sulfonamides is 2. The van der Waals surface area contributed by atoms with Gasteiger partial charge in [0, 0.05) is 24.3 Å². The monoisotopic (exact) mass is 577 g/mol. The Hall–Kier alpha value is -3.13. The maximum absolute atomic E-state index is 13.1. The third-order valence-corrected chi connectivity index (χ3v) is 8.02. The van der Waals surface area contributed by atoms with E-state index in [1.807, 2.05) is 0 Å². The lowest BCUT2D eigenvalue weighted by Crippen LogP contribution is -2.17. The number of pyridine rings is 1. The highest BCUT2D eigenvalue weighted by Crippen LogP contribution is 2.37. The molecular weight excluding hydrogens is 557 g/mol. The minimum Gasteiger partial charge on any atom is -0.495 e. The Morgan fingerprint density at radius 1 is 0.639 bits per heavy atom. The van der Waals surface area contributed by atoms with E-state index in [0.29, 0.717) is 0 Å².